The Balaban J connectivity index is 1.58. The SMILES string of the molecule is CCCC[C@H]1CN(c2cccc(C)c2C)C(=O)C(=O)N1Cc1cncn1Cc1ccc(C#N)cc1. The lowest BCUT2D eigenvalue weighted by molar-refractivity contribution is -0.149. The van der Waals surface area contributed by atoms with E-state index in [0.717, 1.165) is 47.3 Å². The Morgan fingerprint density at radius 1 is 1.06 bits per heavy atom. The number of anilines is 1. The van der Waals surface area contributed by atoms with Crippen LogP contribution in [0, 0.1) is 25.2 Å². The Labute approximate surface area is 206 Å². The van der Waals surface area contributed by atoms with E-state index in [9.17, 15) is 9.59 Å². The predicted octanol–water partition coefficient (Wildman–Crippen LogP) is 4.35. The van der Waals surface area contributed by atoms with E-state index >= 15 is 0 Å². The molecule has 35 heavy (non-hydrogen) atoms. The quantitative estimate of drug-likeness (QED) is 0.459. The number of nitrogens with zero attached hydrogens (tertiary/aromatic N) is 5. The molecule has 7 heteroatoms. The Hall–Kier alpha value is -3.92. The number of imidazole rings is 1. The summed E-state index contributed by atoms with van der Waals surface area (Å²) in [5, 5.41) is 9.03. The predicted molar refractivity (Wildman–Crippen MR) is 135 cm³/mol. The summed E-state index contributed by atoms with van der Waals surface area (Å²) >= 11 is 0. The molecule has 1 saturated heterocycles. The van der Waals surface area contributed by atoms with Crippen molar-refractivity contribution in [2.75, 3.05) is 11.4 Å². The van der Waals surface area contributed by atoms with Crippen molar-refractivity contribution in [2.24, 2.45) is 0 Å². The highest BCUT2D eigenvalue weighted by molar-refractivity contribution is 6.41. The van der Waals surface area contributed by atoms with E-state index in [0.29, 0.717) is 25.2 Å². The smallest absolute Gasteiger partial charge is 0.316 e. The molecule has 0 N–H and O–H groups in total. The minimum atomic E-state index is -0.482. The Bertz CT molecular complexity index is 1260. The lowest BCUT2D eigenvalue weighted by atomic mass is 10.0. The van der Waals surface area contributed by atoms with Crippen LogP contribution in [-0.2, 0) is 22.7 Å². The van der Waals surface area contributed by atoms with Gasteiger partial charge in [0.25, 0.3) is 0 Å². The zero-order valence-corrected chi connectivity index (χ0v) is 20.6. The van der Waals surface area contributed by atoms with Gasteiger partial charge in [0.15, 0.2) is 0 Å². The van der Waals surface area contributed by atoms with Crippen LogP contribution in [-0.4, -0.2) is 38.9 Å². The van der Waals surface area contributed by atoms with Crippen LogP contribution in [0.3, 0.4) is 0 Å². The zero-order chi connectivity index (χ0) is 24.9. The normalized spacial score (nSPS) is 16.0. The lowest BCUT2D eigenvalue weighted by Gasteiger charge is -2.41. The second-order valence-electron chi connectivity index (χ2n) is 9.19. The van der Waals surface area contributed by atoms with Crippen LogP contribution in [0.25, 0.3) is 0 Å². The molecule has 180 valence electrons. The van der Waals surface area contributed by atoms with Crippen LogP contribution in [0.15, 0.2) is 55.0 Å². The first-order chi connectivity index (χ1) is 16.9. The molecule has 2 amide bonds. The van der Waals surface area contributed by atoms with Gasteiger partial charge in [-0.3, -0.25) is 9.59 Å². The summed E-state index contributed by atoms with van der Waals surface area (Å²) in [5.74, 6) is -0.950. The molecule has 1 fully saturated rings. The van der Waals surface area contributed by atoms with Crippen LogP contribution < -0.4 is 4.90 Å². The Kier molecular flexibility index (Phi) is 7.31. The van der Waals surface area contributed by atoms with E-state index < -0.39 is 11.8 Å². The number of piperazine rings is 1. The van der Waals surface area contributed by atoms with Crippen LogP contribution in [0.1, 0.15) is 54.1 Å². The first kappa shape index (κ1) is 24.2. The van der Waals surface area contributed by atoms with Gasteiger partial charge < -0.3 is 14.4 Å². The van der Waals surface area contributed by atoms with Crippen molar-refractivity contribution in [3.8, 4) is 6.07 Å². The maximum absolute atomic E-state index is 13.4. The Morgan fingerprint density at radius 2 is 1.83 bits per heavy atom. The first-order valence-electron chi connectivity index (χ1n) is 12.1. The van der Waals surface area contributed by atoms with Gasteiger partial charge in [0, 0.05) is 25.0 Å². The van der Waals surface area contributed by atoms with E-state index in [1.165, 1.54) is 0 Å². The molecule has 3 aromatic rings. The molecule has 1 aromatic heterocycles. The maximum atomic E-state index is 13.4. The third-order valence-corrected chi connectivity index (χ3v) is 6.85. The van der Waals surface area contributed by atoms with Gasteiger partial charge >= 0.3 is 11.8 Å². The van der Waals surface area contributed by atoms with Crippen LogP contribution in [0.2, 0.25) is 0 Å². The van der Waals surface area contributed by atoms with Crippen molar-refractivity contribution in [3.63, 3.8) is 0 Å². The van der Waals surface area contributed by atoms with Crippen molar-refractivity contribution in [1.29, 1.82) is 5.26 Å². The summed E-state index contributed by atoms with van der Waals surface area (Å²) in [7, 11) is 0. The molecule has 0 saturated carbocycles. The standard InChI is InChI=1S/C28H31N5O2/c1-4-5-8-24-17-33(26-9-6-7-20(2)21(26)3)28(35)27(34)32(24)18-25-15-30-19-31(25)16-23-12-10-22(14-29)11-13-23/h6-7,9-13,15,19,24H,4-5,8,16-18H2,1-3H3/t24-/m0/s1. The molecule has 4 rings (SSSR count). The summed E-state index contributed by atoms with van der Waals surface area (Å²) < 4.78 is 1.99. The lowest BCUT2D eigenvalue weighted by Crippen LogP contribution is -2.59. The molecule has 0 radical (unpaired) electrons. The van der Waals surface area contributed by atoms with Crippen molar-refractivity contribution >= 4 is 17.5 Å². The van der Waals surface area contributed by atoms with Crippen molar-refractivity contribution in [2.45, 2.75) is 59.2 Å². The highest BCUT2D eigenvalue weighted by Crippen LogP contribution is 2.29. The molecular formula is C28H31N5O2. The topological polar surface area (TPSA) is 82.2 Å². The molecule has 0 aliphatic carbocycles. The highest BCUT2D eigenvalue weighted by Gasteiger charge is 2.40. The van der Waals surface area contributed by atoms with Crippen LogP contribution in [0.5, 0.6) is 0 Å². The van der Waals surface area contributed by atoms with E-state index in [4.69, 9.17) is 5.26 Å². The van der Waals surface area contributed by atoms with Gasteiger partial charge in [0.2, 0.25) is 0 Å². The molecule has 0 unspecified atom stereocenters. The largest absolute Gasteiger partial charge is 0.329 e. The molecule has 1 aliphatic rings. The average molecular weight is 470 g/mol. The maximum Gasteiger partial charge on any atom is 0.316 e. The zero-order valence-electron chi connectivity index (χ0n) is 20.6. The van der Waals surface area contributed by atoms with Crippen LogP contribution in [0.4, 0.5) is 5.69 Å². The van der Waals surface area contributed by atoms with Gasteiger partial charge in [-0.15, -0.1) is 0 Å². The number of hydrogen-bond acceptors (Lipinski definition) is 4. The van der Waals surface area contributed by atoms with E-state index in [-0.39, 0.29) is 6.04 Å². The number of carbonyl (C=O) groups is 2. The van der Waals surface area contributed by atoms with Gasteiger partial charge in [-0.2, -0.15) is 5.26 Å². The van der Waals surface area contributed by atoms with Gasteiger partial charge in [0.05, 0.1) is 36.2 Å². The molecule has 0 bridgehead atoms. The number of hydrogen-bond donors (Lipinski definition) is 0. The highest BCUT2D eigenvalue weighted by atomic mass is 16.2. The number of nitriles is 1. The second kappa shape index (κ2) is 10.6. The number of rotatable bonds is 8. The van der Waals surface area contributed by atoms with E-state index in [1.54, 1.807) is 34.5 Å². The molecule has 1 aliphatic heterocycles. The fraction of sp³-hybridized carbons (Fsp3) is 0.357. The van der Waals surface area contributed by atoms with Gasteiger partial charge in [-0.1, -0.05) is 44.0 Å². The number of amides is 2. The van der Waals surface area contributed by atoms with Crippen molar-refractivity contribution in [1.82, 2.24) is 14.5 Å². The molecule has 7 nitrogen and oxygen atoms in total. The summed E-state index contributed by atoms with van der Waals surface area (Å²) in [4.78, 5) is 34.4. The van der Waals surface area contributed by atoms with Crippen molar-refractivity contribution < 1.29 is 9.59 Å². The summed E-state index contributed by atoms with van der Waals surface area (Å²) in [6.45, 7) is 7.54. The van der Waals surface area contributed by atoms with Gasteiger partial charge in [0.1, 0.15) is 0 Å². The monoisotopic (exact) mass is 469 g/mol. The van der Waals surface area contributed by atoms with Crippen LogP contribution >= 0.6 is 0 Å². The minimum Gasteiger partial charge on any atom is -0.329 e. The van der Waals surface area contributed by atoms with E-state index in [1.807, 2.05) is 48.7 Å². The number of aryl methyl sites for hydroxylation is 1. The fourth-order valence-corrected chi connectivity index (χ4v) is 4.60. The van der Waals surface area contributed by atoms with Crippen molar-refractivity contribution in [3.05, 3.63) is 82.9 Å². The minimum absolute atomic E-state index is 0.0710. The molecule has 2 aromatic carbocycles. The number of benzene rings is 2. The third kappa shape index (κ3) is 5.12. The first-order valence-corrected chi connectivity index (χ1v) is 12.1. The van der Waals surface area contributed by atoms with Gasteiger partial charge in [-0.05, 0) is 55.2 Å². The summed E-state index contributed by atoms with van der Waals surface area (Å²) in [5.41, 5.74) is 5.46. The number of aromatic nitrogens is 2. The van der Waals surface area contributed by atoms with Gasteiger partial charge in [-0.25, -0.2) is 4.98 Å². The Morgan fingerprint density at radius 3 is 2.54 bits per heavy atom. The number of carbonyl (C=O) groups excluding carboxylic acids is 2. The number of unbranched alkanes of at least 4 members (excludes halogenated alkanes) is 1. The average Bonchev–Trinajstić information content (AvgIpc) is 3.30. The molecular weight excluding hydrogens is 438 g/mol. The third-order valence-electron chi connectivity index (χ3n) is 6.85. The van der Waals surface area contributed by atoms with E-state index in [2.05, 4.69) is 18.0 Å². The molecule has 2 heterocycles. The fourth-order valence-electron chi connectivity index (χ4n) is 4.60. The molecule has 1 atom stereocenters. The molecule has 0 spiro atoms. The summed E-state index contributed by atoms with van der Waals surface area (Å²) in [6.07, 6.45) is 6.34. The second-order valence-corrected chi connectivity index (χ2v) is 9.19. The summed E-state index contributed by atoms with van der Waals surface area (Å²) in [6, 6.07) is 15.4.